The van der Waals surface area contributed by atoms with Crippen molar-refractivity contribution in [3.63, 3.8) is 0 Å². The van der Waals surface area contributed by atoms with Crippen molar-refractivity contribution in [2.24, 2.45) is 5.92 Å². The smallest absolute Gasteiger partial charge is 0.310 e. The van der Waals surface area contributed by atoms with E-state index in [1.807, 2.05) is 6.07 Å². The molecular formula is C15H23NO3S. The van der Waals surface area contributed by atoms with Gasteiger partial charge in [-0.15, -0.1) is 11.3 Å². The van der Waals surface area contributed by atoms with Crippen LogP contribution >= 0.6 is 11.3 Å². The van der Waals surface area contributed by atoms with E-state index in [4.69, 9.17) is 0 Å². The summed E-state index contributed by atoms with van der Waals surface area (Å²) >= 11 is 1.65. The summed E-state index contributed by atoms with van der Waals surface area (Å²) in [4.78, 5) is 13.5. The van der Waals surface area contributed by atoms with Crippen LogP contribution in [0.2, 0.25) is 0 Å². The number of rotatable bonds is 6. The molecule has 1 aromatic rings. The molecule has 0 saturated heterocycles. The van der Waals surface area contributed by atoms with Crippen LogP contribution in [-0.2, 0) is 22.5 Å². The first-order valence-corrected chi connectivity index (χ1v) is 8.02. The predicted octanol–water partition coefficient (Wildman–Crippen LogP) is 2.10. The number of esters is 1. The normalized spacial score (nSPS) is 22.7. The minimum absolute atomic E-state index is 0.107. The topological polar surface area (TPSA) is 58.6 Å². The van der Waals surface area contributed by atoms with Crippen LogP contribution in [0.4, 0.5) is 0 Å². The predicted molar refractivity (Wildman–Crippen MR) is 79.7 cm³/mol. The fraction of sp³-hybridized carbons (Fsp3) is 0.667. The minimum Gasteiger partial charge on any atom is -0.469 e. The summed E-state index contributed by atoms with van der Waals surface area (Å²) in [6.07, 6.45) is 4.47. The minimum atomic E-state index is -0.192. The van der Waals surface area contributed by atoms with E-state index in [0.29, 0.717) is 12.3 Å². The van der Waals surface area contributed by atoms with Gasteiger partial charge in [0.2, 0.25) is 0 Å². The van der Waals surface area contributed by atoms with E-state index in [9.17, 15) is 9.90 Å². The number of thiophene rings is 1. The van der Waals surface area contributed by atoms with Gasteiger partial charge in [0.1, 0.15) is 0 Å². The monoisotopic (exact) mass is 297 g/mol. The van der Waals surface area contributed by atoms with Gasteiger partial charge in [0.15, 0.2) is 0 Å². The zero-order valence-corrected chi connectivity index (χ0v) is 12.7. The van der Waals surface area contributed by atoms with E-state index >= 15 is 0 Å². The van der Waals surface area contributed by atoms with Crippen molar-refractivity contribution in [1.82, 2.24) is 5.32 Å². The number of hydrogen-bond donors (Lipinski definition) is 2. The lowest BCUT2D eigenvalue weighted by Gasteiger charge is -2.25. The third-order valence-corrected chi connectivity index (χ3v) is 4.84. The first-order chi connectivity index (χ1) is 9.67. The molecule has 1 aliphatic carbocycles. The molecule has 0 amide bonds. The lowest BCUT2D eigenvalue weighted by atomic mass is 9.87. The molecule has 2 atom stereocenters. The van der Waals surface area contributed by atoms with Gasteiger partial charge < -0.3 is 15.2 Å². The Morgan fingerprint density at radius 3 is 3.00 bits per heavy atom. The molecule has 5 heteroatoms. The van der Waals surface area contributed by atoms with Gasteiger partial charge >= 0.3 is 5.97 Å². The number of aliphatic hydroxyl groups excluding tert-OH is 1. The van der Waals surface area contributed by atoms with Crippen molar-refractivity contribution in [3.05, 3.63) is 21.9 Å². The second kappa shape index (κ2) is 7.76. The quantitative estimate of drug-likeness (QED) is 0.790. The molecule has 0 aliphatic heterocycles. The van der Waals surface area contributed by atoms with Gasteiger partial charge in [0, 0.05) is 16.3 Å². The lowest BCUT2D eigenvalue weighted by molar-refractivity contribution is -0.139. The van der Waals surface area contributed by atoms with Crippen molar-refractivity contribution < 1.29 is 14.6 Å². The largest absolute Gasteiger partial charge is 0.469 e. The van der Waals surface area contributed by atoms with Crippen LogP contribution in [0.1, 0.15) is 35.4 Å². The highest BCUT2D eigenvalue weighted by atomic mass is 32.1. The van der Waals surface area contributed by atoms with Crippen molar-refractivity contribution in [3.8, 4) is 0 Å². The van der Waals surface area contributed by atoms with E-state index in [0.717, 1.165) is 37.2 Å². The molecule has 0 bridgehead atoms. The van der Waals surface area contributed by atoms with Crippen LogP contribution in [0.5, 0.6) is 0 Å². The van der Waals surface area contributed by atoms with Crippen LogP contribution in [0.25, 0.3) is 0 Å². The molecule has 2 N–H and O–H groups in total. The van der Waals surface area contributed by atoms with Crippen LogP contribution in [0.15, 0.2) is 12.1 Å². The van der Waals surface area contributed by atoms with E-state index in [1.165, 1.54) is 18.4 Å². The number of carbonyl (C=O) groups excluding carboxylic acids is 1. The molecule has 1 aromatic heterocycles. The van der Waals surface area contributed by atoms with Crippen LogP contribution in [-0.4, -0.2) is 30.8 Å². The van der Waals surface area contributed by atoms with Gasteiger partial charge in [-0.1, -0.05) is 6.42 Å². The number of aliphatic hydroxyl groups is 1. The van der Waals surface area contributed by atoms with Crippen molar-refractivity contribution in [1.29, 1.82) is 0 Å². The van der Waals surface area contributed by atoms with Crippen LogP contribution in [0.3, 0.4) is 0 Å². The lowest BCUT2D eigenvalue weighted by Crippen LogP contribution is -2.28. The molecule has 2 rings (SSSR count). The Morgan fingerprint density at radius 1 is 1.45 bits per heavy atom. The van der Waals surface area contributed by atoms with Gasteiger partial charge in [-0.25, -0.2) is 0 Å². The van der Waals surface area contributed by atoms with Crippen molar-refractivity contribution >= 4 is 17.3 Å². The number of methoxy groups -OCH3 is 1. The zero-order valence-electron chi connectivity index (χ0n) is 11.9. The standard InChI is InChI=1S/C15H23NO3S/c1-19-15(18)8-13-5-6-14(20-13)10-16-9-11-3-2-4-12(17)7-11/h5-6,11-12,16-17H,2-4,7-10H2,1H3. The Kier molecular flexibility index (Phi) is 6.01. The highest BCUT2D eigenvalue weighted by Gasteiger charge is 2.19. The van der Waals surface area contributed by atoms with Crippen LogP contribution < -0.4 is 5.32 Å². The summed E-state index contributed by atoms with van der Waals surface area (Å²) < 4.78 is 4.66. The molecule has 1 saturated carbocycles. The molecule has 1 heterocycles. The van der Waals surface area contributed by atoms with E-state index in [2.05, 4.69) is 16.1 Å². The summed E-state index contributed by atoms with van der Waals surface area (Å²) in [6, 6.07) is 4.05. The molecule has 1 aliphatic rings. The van der Waals surface area contributed by atoms with Gasteiger partial charge in [-0.3, -0.25) is 4.79 Å². The molecule has 0 spiro atoms. The summed E-state index contributed by atoms with van der Waals surface area (Å²) in [5.74, 6) is 0.399. The summed E-state index contributed by atoms with van der Waals surface area (Å²) in [6.45, 7) is 1.79. The second-order valence-corrected chi connectivity index (χ2v) is 6.69. The maximum atomic E-state index is 11.2. The fourth-order valence-corrected chi connectivity index (χ4v) is 3.65. The number of hydrogen-bond acceptors (Lipinski definition) is 5. The Bertz CT molecular complexity index is 433. The third-order valence-electron chi connectivity index (χ3n) is 3.75. The first-order valence-electron chi connectivity index (χ1n) is 7.20. The van der Waals surface area contributed by atoms with E-state index in [1.54, 1.807) is 11.3 Å². The fourth-order valence-electron chi connectivity index (χ4n) is 2.67. The molecule has 112 valence electrons. The molecule has 2 unspecified atom stereocenters. The first kappa shape index (κ1) is 15.5. The Balaban J connectivity index is 1.70. The Hall–Kier alpha value is -0.910. The van der Waals surface area contributed by atoms with Gasteiger partial charge in [-0.2, -0.15) is 0 Å². The molecule has 1 fully saturated rings. The molecule has 20 heavy (non-hydrogen) atoms. The number of ether oxygens (including phenoxy) is 1. The molecule has 4 nitrogen and oxygen atoms in total. The maximum Gasteiger partial charge on any atom is 0.310 e. The molecule has 0 aromatic carbocycles. The maximum absolute atomic E-state index is 11.2. The van der Waals surface area contributed by atoms with Crippen molar-refractivity contribution in [2.75, 3.05) is 13.7 Å². The highest BCUT2D eigenvalue weighted by molar-refractivity contribution is 7.12. The van der Waals surface area contributed by atoms with E-state index in [-0.39, 0.29) is 12.1 Å². The SMILES string of the molecule is COC(=O)Cc1ccc(CNCC2CCCC(O)C2)s1. The third kappa shape index (κ3) is 4.89. The number of carbonyl (C=O) groups is 1. The number of nitrogens with one attached hydrogen (secondary N) is 1. The Morgan fingerprint density at radius 2 is 2.25 bits per heavy atom. The average Bonchev–Trinajstić information content (AvgIpc) is 2.86. The second-order valence-electron chi connectivity index (χ2n) is 5.44. The molecular weight excluding hydrogens is 274 g/mol. The Labute approximate surface area is 124 Å². The summed E-state index contributed by atoms with van der Waals surface area (Å²) in [7, 11) is 1.41. The van der Waals surface area contributed by atoms with E-state index < -0.39 is 0 Å². The van der Waals surface area contributed by atoms with Gasteiger partial charge in [-0.05, 0) is 43.9 Å². The summed E-state index contributed by atoms with van der Waals surface area (Å²) in [5.41, 5.74) is 0. The van der Waals surface area contributed by atoms with Crippen molar-refractivity contribution in [2.45, 2.75) is 44.8 Å². The highest BCUT2D eigenvalue weighted by Crippen LogP contribution is 2.24. The van der Waals surface area contributed by atoms with Gasteiger partial charge in [0.05, 0.1) is 19.6 Å². The summed E-state index contributed by atoms with van der Waals surface area (Å²) in [5, 5.41) is 13.1. The van der Waals surface area contributed by atoms with Gasteiger partial charge in [0.25, 0.3) is 0 Å². The average molecular weight is 297 g/mol. The zero-order chi connectivity index (χ0) is 14.4. The molecule has 0 radical (unpaired) electrons. The van der Waals surface area contributed by atoms with Crippen LogP contribution in [0, 0.1) is 5.92 Å².